The summed E-state index contributed by atoms with van der Waals surface area (Å²) in [6.07, 6.45) is 7.07. The number of likely N-dealkylation sites (tertiary alicyclic amines) is 1. The second-order valence-electron chi connectivity index (χ2n) is 10.0. The van der Waals surface area contributed by atoms with Crippen LogP contribution < -0.4 is 0 Å². The molecule has 3 aliphatic rings. The molecule has 2 fully saturated rings. The Labute approximate surface area is 179 Å². The third-order valence-corrected chi connectivity index (χ3v) is 7.69. The van der Waals surface area contributed by atoms with Gasteiger partial charge in [-0.3, -0.25) is 4.79 Å². The van der Waals surface area contributed by atoms with Crippen LogP contribution in [0.3, 0.4) is 0 Å². The molecule has 1 saturated carbocycles. The van der Waals surface area contributed by atoms with Gasteiger partial charge in [0, 0.05) is 41.6 Å². The zero-order valence-corrected chi connectivity index (χ0v) is 18.4. The van der Waals surface area contributed by atoms with E-state index >= 15 is 0 Å². The number of piperidine rings is 1. The number of benzene rings is 1. The van der Waals surface area contributed by atoms with Crippen molar-refractivity contribution >= 4 is 16.9 Å². The molecule has 2 aromatic rings. The summed E-state index contributed by atoms with van der Waals surface area (Å²) in [5.41, 5.74) is 4.18. The molecule has 5 heteroatoms. The van der Waals surface area contributed by atoms with Crippen molar-refractivity contribution in [1.82, 2.24) is 9.47 Å². The van der Waals surface area contributed by atoms with E-state index in [2.05, 4.69) is 54.8 Å². The van der Waals surface area contributed by atoms with E-state index in [4.69, 9.17) is 4.74 Å². The second-order valence-corrected chi connectivity index (χ2v) is 10.0. The standard InChI is InChI=1S/C25H34N2O3/c1-15(2)27-14-16-12-23-21(20-5-4-6-22(27)24(16)20)11-17(13-26(23)3)25(29)30-19-9-7-18(28)8-10-19/h4-6,14-15,17-19,21,23,28H,7-13H2,1-3H3/t17-,18?,19?,21?,23?/m1/s1. The number of likely N-dealkylation sites (N-methyl/N-ethyl adjacent to an activating group) is 1. The number of nitrogens with zero attached hydrogens (tertiary/aromatic N) is 2. The van der Waals surface area contributed by atoms with Crippen molar-refractivity contribution in [1.29, 1.82) is 0 Å². The van der Waals surface area contributed by atoms with E-state index in [1.807, 2.05) is 0 Å². The lowest BCUT2D eigenvalue weighted by Gasteiger charge is -2.45. The minimum absolute atomic E-state index is 0.0228. The van der Waals surface area contributed by atoms with Crippen LogP contribution in [0.4, 0.5) is 0 Å². The Hall–Kier alpha value is -1.85. The van der Waals surface area contributed by atoms with E-state index in [0.717, 1.165) is 45.1 Å². The third-order valence-electron chi connectivity index (χ3n) is 7.69. The molecular formula is C25H34N2O3. The highest BCUT2D eigenvalue weighted by Crippen LogP contribution is 2.45. The number of hydrogen-bond acceptors (Lipinski definition) is 4. The topological polar surface area (TPSA) is 54.7 Å². The van der Waals surface area contributed by atoms with Crippen molar-refractivity contribution in [3.8, 4) is 0 Å². The van der Waals surface area contributed by atoms with E-state index in [9.17, 15) is 9.90 Å². The molecule has 2 heterocycles. The minimum Gasteiger partial charge on any atom is -0.462 e. The van der Waals surface area contributed by atoms with Gasteiger partial charge in [-0.1, -0.05) is 12.1 Å². The van der Waals surface area contributed by atoms with Gasteiger partial charge >= 0.3 is 5.97 Å². The molecule has 0 amide bonds. The van der Waals surface area contributed by atoms with Crippen molar-refractivity contribution in [3.05, 3.63) is 35.5 Å². The highest BCUT2D eigenvalue weighted by Gasteiger charge is 2.42. The van der Waals surface area contributed by atoms with Gasteiger partial charge in [0.15, 0.2) is 0 Å². The molecule has 5 rings (SSSR count). The first-order chi connectivity index (χ1) is 14.4. The third kappa shape index (κ3) is 3.36. The van der Waals surface area contributed by atoms with Crippen LogP contribution in [0.15, 0.2) is 24.4 Å². The molecule has 1 saturated heterocycles. The van der Waals surface area contributed by atoms with E-state index in [1.165, 1.54) is 22.0 Å². The summed E-state index contributed by atoms with van der Waals surface area (Å²) in [6, 6.07) is 7.57. The van der Waals surface area contributed by atoms with Gasteiger partial charge < -0.3 is 19.3 Å². The lowest BCUT2D eigenvalue weighted by Crippen LogP contribution is -2.50. The van der Waals surface area contributed by atoms with Crippen LogP contribution in [0, 0.1) is 5.92 Å². The smallest absolute Gasteiger partial charge is 0.310 e. The molecule has 5 nitrogen and oxygen atoms in total. The number of hydrogen-bond donors (Lipinski definition) is 1. The van der Waals surface area contributed by atoms with Gasteiger partial charge in [-0.2, -0.15) is 0 Å². The molecule has 0 spiro atoms. The summed E-state index contributed by atoms with van der Waals surface area (Å²) < 4.78 is 8.30. The molecule has 2 aliphatic carbocycles. The number of esters is 1. The number of carbonyl (C=O) groups is 1. The molecule has 3 atom stereocenters. The number of aliphatic hydroxyl groups is 1. The zero-order valence-electron chi connectivity index (χ0n) is 18.4. The number of aromatic nitrogens is 1. The number of ether oxygens (including phenoxy) is 1. The molecule has 2 unspecified atom stereocenters. The lowest BCUT2D eigenvalue weighted by atomic mass is 9.72. The van der Waals surface area contributed by atoms with Crippen LogP contribution >= 0.6 is 0 Å². The predicted octanol–water partition coefficient (Wildman–Crippen LogP) is 4.03. The molecule has 1 N–H and O–H groups in total. The lowest BCUT2D eigenvalue weighted by molar-refractivity contribution is -0.159. The molecule has 1 aliphatic heterocycles. The van der Waals surface area contributed by atoms with Crippen molar-refractivity contribution < 1.29 is 14.6 Å². The zero-order chi connectivity index (χ0) is 21.0. The molecule has 1 aromatic heterocycles. The summed E-state index contributed by atoms with van der Waals surface area (Å²) in [5, 5.41) is 11.1. The Morgan fingerprint density at radius 3 is 2.70 bits per heavy atom. The predicted molar refractivity (Wildman–Crippen MR) is 118 cm³/mol. The SMILES string of the molecule is CC(C)n1cc2c3c(cccc31)C1C[C@@H](C(=O)OC3CCC(O)CC3)CN(C)C1C2. The van der Waals surface area contributed by atoms with E-state index in [0.29, 0.717) is 18.0 Å². The first-order valence-corrected chi connectivity index (χ1v) is 11.6. The fourth-order valence-corrected chi connectivity index (χ4v) is 6.10. The van der Waals surface area contributed by atoms with Gasteiger partial charge in [0.2, 0.25) is 0 Å². The second kappa shape index (κ2) is 7.69. The highest BCUT2D eigenvalue weighted by atomic mass is 16.5. The Morgan fingerprint density at radius 1 is 1.20 bits per heavy atom. The quantitative estimate of drug-likeness (QED) is 0.777. The monoisotopic (exact) mass is 410 g/mol. The van der Waals surface area contributed by atoms with E-state index in [-0.39, 0.29) is 24.1 Å². The van der Waals surface area contributed by atoms with E-state index < -0.39 is 0 Å². The van der Waals surface area contributed by atoms with Crippen LogP contribution in [0.25, 0.3) is 10.9 Å². The maximum Gasteiger partial charge on any atom is 0.310 e. The van der Waals surface area contributed by atoms with E-state index in [1.54, 1.807) is 0 Å². The molecular weight excluding hydrogens is 376 g/mol. The number of fused-ring (bicyclic) bond motifs is 2. The summed E-state index contributed by atoms with van der Waals surface area (Å²) in [4.78, 5) is 15.4. The van der Waals surface area contributed by atoms with Gasteiger partial charge in [-0.25, -0.2) is 0 Å². The maximum atomic E-state index is 13.0. The largest absolute Gasteiger partial charge is 0.462 e. The average Bonchev–Trinajstić information content (AvgIpc) is 3.10. The van der Waals surface area contributed by atoms with Crippen molar-refractivity contribution in [2.75, 3.05) is 13.6 Å². The molecule has 0 bridgehead atoms. The van der Waals surface area contributed by atoms with Crippen molar-refractivity contribution in [2.24, 2.45) is 5.92 Å². The van der Waals surface area contributed by atoms with Crippen molar-refractivity contribution in [3.63, 3.8) is 0 Å². The highest BCUT2D eigenvalue weighted by molar-refractivity contribution is 5.89. The summed E-state index contributed by atoms with van der Waals surface area (Å²) in [6.45, 7) is 5.25. The molecule has 1 aromatic carbocycles. The van der Waals surface area contributed by atoms with Crippen LogP contribution in [0.5, 0.6) is 0 Å². The normalized spacial score (nSPS) is 31.7. The summed E-state index contributed by atoms with van der Waals surface area (Å²) in [7, 11) is 2.17. The van der Waals surface area contributed by atoms with Gasteiger partial charge in [-0.15, -0.1) is 0 Å². The number of rotatable bonds is 3. The van der Waals surface area contributed by atoms with Crippen LogP contribution in [-0.4, -0.2) is 52.4 Å². The Kier molecular flexibility index (Phi) is 5.14. The van der Waals surface area contributed by atoms with Gasteiger partial charge in [0.25, 0.3) is 0 Å². The van der Waals surface area contributed by atoms with Gasteiger partial charge in [-0.05, 0) is 76.6 Å². The number of aliphatic hydroxyl groups excluding tert-OH is 1. The summed E-state index contributed by atoms with van der Waals surface area (Å²) >= 11 is 0. The molecule has 30 heavy (non-hydrogen) atoms. The van der Waals surface area contributed by atoms with Gasteiger partial charge in [0.05, 0.1) is 12.0 Å². The first kappa shape index (κ1) is 20.1. The fourth-order valence-electron chi connectivity index (χ4n) is 6.10. The van der Waals surface area contributed by atoms with Crippen LogP contribution in [0.2, 0.25) is 0 Å². The average molecular weight is 411 g/mol. The first-order valence-electron chi connectivity index (χ1n) is 11.6. The van der Waals surface area contributed by atoms with Gasteiger partial charge in [0.1, 0.15) is 6.10 Å². The molecule has 0 radical (unpaired) electrons. The maximum absolute atomic E-state index is 13.0. The summed E-state index contributed by atoms with van der Waals surface area (Å²) in [5.74, 6) is 0.250. The van der Waals surface area contributed by atoms with Crippen molar-refractivity contribution in [2.45, 2.75) is 82.6 Å². The fraction of sp³-hybridized carbons (Fsp3) is 0.640. The number of carbonyl (C=O) groups excluding carboxylic acids is 1. The minimum atomic E-state index is -0.225. The molecule has 162 valence electrons. The Morgan fingerprint density at radius 2 is 1.97 bits per heavy atom. The van der Waals surface area contributed by atoms with Crippen LogP contribution in [0.1, 0.15) is 69.0 Å². The Bertz CT molecular complexity index is 941. The van der Waals surface area contributed by atoms with Crippen LogP contribution in [-0.2, 0) is 16.0 Å². The Balaban J connectivity index is 1.40.